The number of benzene rings is 2. The second-order valence-electron chi connectivity index (χ2n) is 7.04. The van der Waals surface area contributed by atoms with Crippen LogP contribution in [0, 0.1) is 29.1 Å². The lowest BCUT2D eigenvalue weighted by Crippen LogP contribution is -2.11. The van der Waals surface area contributed by atoms with Gasteiger partial charge in [-0.2, -0.15) is 0 Å². The first-order chi connectivity index (χ1) is 15.4. The number of aromatic nitrogens is 4. The summed E-state index contributed by atoms with van der Waals surface area (Å²) in [6.45, 7) is -0.677. The van der Waals surface area contributed by atoms with Crippen molar-refractivity contribution in [3.8, 4) is 0 Å². The van der Waals surface area contributed by atoms with Crippen LogP contribution in [0.3, 0.4) is 0 Å². The first-order valence-electron chi connectivity index (χ1n) is 9.29. The maximum Gasteiger partial charge on any atom is 0.230 e. The van der Waals surface area contributed by atoms with Crippen molar-refractivity contribution in [3.63, 3.8) is 0 Å². The third-order valence-corrected chi connectivity index (χ3v) is 5.16. The SMILES string of the molecule is O=C(c1nc2ccncc2[nH]1)c1cn(Cc2c(F)c(F)c(F)c(F)c2F)c2ccccc12. The molecule has 2 aromatic carbocycles. The van der Waals surface area contributed by atoms with Crippen molar-refractivity contribution < 1.29 is 26.7 Å². The fraction of sp³-hybridized carbons (Fsp3) is 0.0455. The summed E-state index contributed by atoms with van der Waals surface area (Å²) in [7, 11) is 0. The minimum Gasteiger partial charge on any atom is -0.342 e. The number of aromatic amines is 1. The Morgan fingerprint density at radius 1 is 0.938 bits per heavy atom. The summed E-state index contributed by atoms with van der Waals surface area (Å²) in [6.07, 6.45) is 4.33. The highest BCUT2D eigenvalue weighted by Crippen LogP contribution is 2.28. The summed E-state index contributed by atoms with van der Waals surface area (Å²) in [5, 5.41) is 0.431. The standard InChI is InChI=1S/C22H11F5N4O/c23-16-12(17(24)19(26)20(27)18(16)25)9-31-8-11(10-3-1-2-4-15(10)31)21(32)22-29-13-5-6-28-7-14(13)30-22/h1-8H,9H2,(H,29,30). The van der Waals surface area contributed by atoms with Crippen LogP contribution < -0.4 is 0 Å². The number of ketones is 1. The second-order valence-corrected chi connectivity index (χ2v) is 7.04. The first-order valence-corrected chi connectivity index (χ1v) is 9.29. The van der Waals surface area contributed by atoms with Gasteiger partial charge in [0.1, 0.15) is 0 Å². The first kappa shape index (κ1) is 19.9. The molecule has 10 heteroatoms. The normalized spacial score (nSPS) is 11.5. The monoisotopic (exact) mass is 442 g/mol. The van der Waals surface area contributed by atoms with Crippen molar-refractivity contribution >= 4 is 27.7 Å². The Kier molecular flexibility index (Phi) is 4.50. The Morgan fingerprint density at radius 2 is 1.62 bits per heavy atom. The zero-order valence-corrected chi connectivity index (χ0v) is 16.0. The molecule has 5 nitrogen and oxygen atoms in total. The molecule has 0 radical (unpaired) electrons. The molecule has 0 atom stereocenters. The number of hydrogen-bond donors (Lipinski definition) is 1. The van der Waals surface area contributed by atoms with Crippen LogP contribution >= 0.6 is 0 Å². The zero-order chi connectivity index (χ0) is 22.6. The van der Waals surface area contributed by atoms with Gasteiger partial charge in [0.2, 0.25) is 11.6 Å². The van der Waals surface area contributed by atoms with Gasteiger partial charge in [-0.1, -0.05) is 18.2 Å². The zero-order valence-electron chi connectivity index (χ0n) is 16.0. The molecule has 160 valence electrons. The van der Waals surface area contributed by atoms with Crippen LogP contribution in [0.2, 0.25) is 0 Å². The molecule has 1 N–H and O–H groups in total. The quantitative estimate of drug-likeness (QED) is 0.187. The van der Waals surface area contributed by atoms with Gasteiger partial charge < -0.3 is 9.55 Å². The van der Waals surface area contributed by atoms with Gasteiger partial charge in [0.05, 0.1) is 29.3 Å². The molecule has 0 amide bonds. The van der Waals surface area contributed by atoms with Crippen LogP contribution in [0.25, 0.3) is 21.9 Å². The van der Waals surface area contributed by atoms with E-state index in [-0.39, 0.29) is 11.4 Å². The van der Waals surface area contributed by atoms with Gasteiger partial charge in [0.25, 0.3) is 0 Å². The number of fused-ring (bicyclic) bond motifs is 2. The van der Waals surface area contributed by atoms with Crippen LogP contribution in [-0.2, 0) is 6.54 Å². The van der Waals surface area contributed by atoms with E-state index in [1.807, 2.05) is 0 Å². The molecule has 0 saturated carbocycles. The Bertz CT molecular complexity index is 1480. The van der Waals surface area contributed by atoms with E-state index >= 15 is 0 Å². The number of halogens is 5. The molecule has 0 aliphatic carbocycles. The molecule has 3 aromatic heterocycles. The molecule has 5 rings (SSSR count). The van der Waals surface area contributed by atoms with Crippen molar-refractivity contribution in [2.45, 2.75) is 6.54 Å². The summed E-state index contributed by atoms with van der Waals surface area (Å²) >= 11 is 0. The molecule has 32 heavy (non-hydrogen) atoms. The lowest BCUT2D eigenvalue weighted by molar-refractivity contribution is 0.103. The van der Waals surface area contributed by atoms with E-state index in [2.05, 4.69) is 15.0 Å². The summed E-state index contributed by atoms with van der Waals surface area (Å²) in [5.74, 6) is -10.6. The van der Waals surface area contributed by atoms with Gasteiger partial charge >= 0.3 is 0 Å². The number of hydrogen-bond acceptors (Lipinski definition) is 3. The number of para-hydroxylation sites is 1. The number of imidazole rings is 1. The maximum absolute atomic E-state index is 14.2. The molecule has 5 aromatic rings. The lowest BCUT2D eigenvalue weighted by Gasteiger charge is -2.10. The highest BCUT2D eigenvalue weighted by atomic mass is 19.2. The predicted octanol–water partition coefficient (Wildman–Crippen LogP) is 4.89. The molecule has 0 fully saturated rings. The second kappa shape index (κ2) is 7.26. The molecule has 0 unspecified atom stereocenters. The van der Waals surface area contributed by atoms with E-state index in [1.165, 1.54) is 23.2 Å². The average molecular weight is 442 g/mol. The number of rotatable bonds is 4. The third kappa shape index (κ3) is 2.95. The van der Waals surface area contributed by atoms with Crippen molar-refractivity contribution in [1.82, 2.24) is 19.5 Å². The van der Waals surface area contributed by atoms with E-state index in [0.717, 1.165) is 0 Å². The van der Waals surface area contributed by atoms with Crippen molar-refractivity contribution in [1.29, 1.82) is 0 Å². The summed E-state index contributed by atoms with van der Waals surface area (Å²) in [4.78, 5) is 24.2. The number of nitrogens with one attached hydrogen (secondary N) is 1. The van der Waals surface area contributed by atoms with Gasteiger partial charge in [-0.25, -0.2) is 26.9 Å². The minimum atomic E-state index is -2.23. The third-order valence-electron chi connectivity index (χ3n) is 5.16. The summed E-state index contributed by atoms with van der Waals surface area (Å²) < 4.78 is 70.3. The van der Waals surface area contributed by atoms with Crippen molar-refractivity contribution in [2.75, 3.05) is 0 Å². The molecule has 0 spiro atoms. The van der Waals surface area contributed by atoms with E-state index in [1.54, 1.807) is 30.3 Å². The van der Waals surface area contributed by atoms with E-state index in [0.29, 0.717) is 21.9 Å². The van der Waals surface area contributed by atoms with Gasteiger partial charge in [-0.15, -0.1) is 0 Å². The number of nitrogens with zero attached hydrogens (tertiary/aromatic N) is 3. The predicted molar refractivity (Wildman–Crippen MR) is 105 cm³/mol. The van der Waals surface area contributed by atoms with E-state index < -0.39 is 47.0 Å². The topological polar surface area (TPSA) is 63.6 Å². The van der Waals surface area contributed by atoms with Gasteiger partial charge in [-0.3, -0.25) is 9.78 Å². The van der Waals surface area contributed by atoms with Crippen LogP contribution in [0.5, 0.6) is 0 Å². The number of H-pyrrole nitrogens is 1. The van der Waals surface area contributed by atoms with Crippen LogP contribution in [0.4, 0.5) is 22.0 Å². The highest BCUT2D eigenvalue weighted by Gasteiger charge is 2.27. The van der Waals surface area contributed by atoms with Crippen LogP contribution in [0.15, 0.2) is 48.9 Å². The molecule has 0 aliphatic heterocycles. The highest BCUT2D eigenvalue weighted by molar-refractivity contribution is 6.15. The number of pyridine rings is 1. The molecule has 0 saturated heterocycles. The Morgan fingerprint density at radius 3 is 2.34 bits per heavy atom. The average Bonchev–Trinajstić information content (AvgIpc) is 3.41. The molecule has 0 aliphatic rings. The maximum atomic E-state index is 14.2. The lowest BCUT2D eigenvalue weighted by atomic mass is 10.1. The number of carbonyl (C=O) groups excluding carboxylic acids is 1. The smallest absolute Gasteiger partial charge is 0.230 e. The fourth-order valence-corrected chi connectivity index (χ4v) is 3.61. The van der Waals surface area contributed by atoms with Crippen molar-refractivity contribution in [3.05, 3.63) is 95.0 Å². The van der Waals surface area contributed by atoms with Crippen LogP contribution in [0.1, 0.15) is 21.7 Å². The minimum absolute atomic E-state index is 0.0205. The van der Waals surface area contributed by atoms with E-state index in [9.17, 15) is 26.7 Å². The van der Waals surface area contributed by atoms with Crippen molar-refractivity contribution in [2.24, 2.45) is 0 Å². The summed E-state index contributed by atoms with van der Waals surface area (Å²) in [6, 6.07) is 8.08. The largest absolute Gasteiger partial charge is 0.342 e. The Labute approximate surface area is 176 Å². The molecular weight excluding hydrogens is 431 g/mol. The Hall–Kier alpha value is -4.08. The number of carbonyl (C=O) groups is 1. The van der Waals surface area contributed by atoms with Crippen LogP contribution in [-0.4, -0.2) is 25.3 Å². The van der Waals surface area contributed by atoms with Gasteiger partial charge in [0, 0.05) is 28.9 Å². The van der Waals surface area contributed by atoms with Gasteiger partial charge in [0.15, 0.2) is 29.1 Å². The van der Waals surface area contributed by atoms with Gasteiger partial charge in [-0.05, 0) is 12.1 Å². The molecular formula is C22H11F5N4O. The Balaban J connectivity index is 1.64. The fourth-order valence-electron chi connectivity index (χ4n) is 3.61. The van der Waals surface area contributed by atoms with E-state index in [4.69, 9.17) is 0 Å². The molecule has 3 heterocycles. The summed E-state index contributed by atoms with van der Waals surface area (Å²) in [5.41, 5.74) is 0.583. The molecule has 0 bridgehead atoms.